The van der Waals surface area contributed by atoms with Crippen molar-refractivity contribution in [2.75, 3.05) is 5.32 Å². The number of halogens is 3. The predicted octanol–water partition coefficient (Wildman–Crippen LogP) is 2.10. The molecule has 0 saturated carbocycles. The summed E-state index contributed by atoms with van der Waals surface area (Å²) in [5.74, 6) is 0. The number of primary sulfonamides is 1. The lowest BCUT2D eigenvalue weighted by Crippen LogP contribution is -2.43. The molecule has 2 aromatic rings. The van der Waals surface area contributed by atoms with E-state index in [0.717, 1.165) is 5.56 Å². The van der Waals surface area contributed by atoms with Crippen molar-refractivity contribution in [3.05, 3.63) is 59.7 Å². The van der Waals surface area contributed by atoms with Gasteiger partial charge in [0.1, 0.15) is 11.1 Å². The maximum absolute atomic E-state index is 13.3. The number of hydrogen-bond donors (Lipinski definition) is 3. The molecule has 0 aliphatic carbocycles. The SMILES string of the molecule is NS(=O)(=O)c1cc2c(cc1C(F)(F)F)NC(C=Cc1ccccc1)NS2(=O)=O. The van der Waals surface area contributed by atoms with E-state index in [1.807, 2.05) is 0 Å². The number of sulfonamides is 2. The second-order valence-corrected chi connectivity index (χ2v) is 9.11. The second-order valence-electron chi connectivity index (χ2n) is 5.90. The highest BCUT2D eigenvalue weighted by Gasteiger charge is 2.40. The van der Waals surface area contributed by atoms with Crippen LogP contribution >= 0.6 is 0 Å². The second kappa shape index (κ2) is 6.88. The van der Waals surface area contributed by atoms with E-state index >= 15 is 0 Å². The van der Waals surface area contributed by atoms with Crippen molar-refractivity contribution < 1.29 is 30.0 Å². The number of nitrogens with two attached hydrogens (primary N) is 1. The number of hydrogen-bond acceptors (Lipinski definition) is 5. The van der Waals surface area contributed by atoms with Gasteiger partial charge in [0, 0.05) is 0 Å². The summed E-state index contributed by atoms with van der Waals surface area (Å²) in [7, 11) is -9.11. The summed E-state index contributed by atoms with van der Waals surface area (Å²) in [4.78, 5) is -1.96. The van der Waals surface area contributed by atoms with Crippen molar-refractivity contribution in [3.8, 4) is 0 Å². The van der Waals surface area contributed by atoms with Crippen molar-refractivity contribution >= 4 is 31.8 Å². The molecule has 4 N–H and O–H groups in total. The smallest absolute Gasteiger partial charge is 0.365 e. The van der Waals surface area contributed by atoms with E-state index in [4.69, 9.17) is 5.14 Å². The van der Waals surface area contributed by atoms with Crippen molar-refractivity contribution in [2.45, 2.75) is 22.1 Å². The Morgan fingerprint density at radius 3 is 2.32 bits per heavy atom. The molecule has 0 amide bonds. The van der Waals surface area contributed by atoms with E-state index in [9.17, 15) is 30.0 Å². The van der Waals surface area contributed by atoms with Crippen molar-refractivity contribution in [1.82, 2.24) is 4.72 Å². The number of anilines is 1. The predicted molar refractivity (Wildman–Crippen MR) is 96.0 cm³/mol. The molecule has 1 aliphatic rings. The molecular weight excluding hydrogens is 419 g/mol. The monoisotopic (exact) mass is 433 g/mol. The third-order valence-electron chi connectivity index (χ3n) is 3.86. The zero-order valence-electron chi connectivity index (χ0n) is 13.9. The molecule has 0 bridgehead atoms. The first-order valence-corrected chi connectivity index (χ1v) is 10.7. The standard InChI is InChI=1S/C16H14F3N3O4S2/c17-16(18,19)11-8-12-14(9-13(11)27(20,23)24)28(25,26)22-15(21-12)7-6-10-4-2-1-3-5-10/h1-9,15,21-22H,(H2,20,23,24). The molecule has 0 saturated heterocycles. The van der Waals surface area contributed by atoms with Gasteiger partial charge in [0.15, 0.2) is 0 Å². The molecule has 12 heteroatoms. The maximum Gasteiger partial charge on any atom is 0.417 e. The number of rotatable bonds is 3. The van der Waals surface area contributed by atoms with Crippen molar-refractivity contribution in [3.63, 3.8) is 0 Å². The van der Waals surface area contributed by atoms with Crippen LogP contribution in [0.25, 0.3) is 6.08 Å². The first-order chi connectivity index (χ1) is 12.9. The first-order valence-electron chi connectivity index (χ1n) is 7.68. The van der Waals surface area contributed by atoms with Crippen LogP contribution in [0.3, 0.4) is 0 Å². The summed E-state index contributed by atoms with van der Waals surface area (Å²) in [5.41, 5.74) is -1.19. The minimum absolute atomic E-state index is 0.388. The van der Waals surface area contributed by atoms with E-state index in [1.165, 1.54) is 6.08 Å². The maximum atomic E-state index is 13.3. The molecule has 28 heavy (non-hydrogen) atoms. The molecule has 0 spiro atoms. The van der Waals surface area contributed by atoms with Crippen LogP contribution in [-0.2, 0) is 26.2 Å². The fourth-order valence-corrected chi connectivity index (χ4v) is 4.76. The third kappa shape index (κ3) is 4.19. The highest BCUT2D eigenvalue weighted by Crippen LogP contribution is 2.39. The Bertz CT molecular complexity index is 1150. The van der Waals surface area contributed by atoms with E-state index in [1.54, 1.807) is 36.4 Å². The van der Waals surface area contributed by atoms with E-state index in [2.05, 4.69) is 10.0 Å². The van der Waals surface area contributed by atoms with E-state index in [-0.39, 0.29) is 5.69 Å². The zero-order valence-corrected chi connectivity index (χ0v) is 15.6. The van der Waals surface area contributed by atoms with Gasteiger partial charge in [-0.2, -0.15) is 17.9 Å². The fourth-order valence-electron chi connectivity index (χ4n) is 2.64. The van der Waals surface area contributed by atoms with Crippen LogP contribution in [-0.4, -0.2) is 23.0 Å². The molecule has 150 valence electrons. The molecule has 0 radical (unpaired) electrons. The van der Waals surface area contributed by atoms with Gasteiger partial charge in [-0.05, 0) is 23.8 Å². The Balaban J connectivity index is 2.08. The van der Waals surface area contributed by atoms with Crippen molar-refractivity contribution in [1.29, 1.82) is 0 Å². The molecular formula is C16H14F3N3O4S2. The Morgan fingerprint density at radius 1 is 1.11 bits per heavy atom. The van der Waals surface area contributed by atoms with Crippen LogP contribution in [0.1, 0.15) is 11.1 Å². The van der Waals surface area contributed by atoms with Crippen LogP contribution < -0.4 is 15.2 Å². The summed E-state index contributed by atoms with van der Waals surface area (Å²) in [6, 6.07) is 9.65. The Morgan fingerprint density at radius 2 is 1.75 bits per heavy atom. The van der Waals surface area contributed by atoms with Gasteiger partial charge in [-0.25, -0.2) is 22.0 Å². The largest absolute Gasteiger partial charge is 0.417 e. The van der Waals surface area contributed by atoms with Crippen LogP contribution in [0.5, 0.6) is 0 Å². The first kappa shape index (κ1) is 20.3. The average molecular weight is 433 g/mol. The summed E-state index contributed by atoms with van der Waals surface area (Å²) in [6.07, 6.45) is -3.10. The Kier molecular flexibility index (Phi) is 5.00. The Labute approximate surface area is 159 Å². The van der Waals surface area contributed by atoms with Gasteiger partial charge in [0.2, 0.25) is 20.0 Å². The topological polar surface area (TPSA) is 118 Å². The molecule has 1 atom stereocenters. The number of alkyl halides is 3. The third-order valence-corrected chi connectivity index (χ3v) is 6.29. The summed E-state index contributed by atoms with van der Waals surface area (Å²) >= 11 is 0. The Hall–Kier alpha value is -2.41. The molecule has 1 aliphatic heterocycles. The lowest BCUT2D eigenvalue weighted by Gasteiger charge is -2.27. The van der Waals surface area contributed by atoms with Gasteiger partial charge in [0.05, 0.1) is 16.1 Å². The van der Waals surface area contributed by atoms with Gasteiger partial charge in [-0.1, -0.05) is 36.4 Å². The molecule has 0 aromatic heterocycles. The minimum atomic E-state index is -5.05. The number of benzene rings is 2. The number of fused-ring (bicyclic) bond motifs is 1. The fraction of sp³-hybridized carbons (Fsp3) is 0.125. The van der Waals surface area contributed by atoms with Crippen molar-refractivity contribution in [2.24, 2.45) is 5.14 Å². The minimum Gasteiger partial charge on any atom is -0.365 e. The van der Waals surface area contributed by atoms with Gasteiger partial charge in [-0.3, -0.25) is 0 Å². The van der Waals surface area contributed by atoms with Gasteiger partial charge >= 0.3 is 6.18 Å². The summed E-state index contributed by atoms with van der Waals surface area (Å²) in [6.45, 7) is 0. The summed E-state index contributed by atoms with van der Waals surface area (Å²) in [5, 5.41) is 7.44. The van der Waals surface area contributed by atoms with Gasteiger partial charge in [0.25, 0.3) is 0 Å². The average Bonchev–Trinajstić information content (AvgIpc) is 2.58. The summed E-state index contributed by atoms with van der Waals surface area (Å²) < 4.78 is 90.0. The normalized spacial score (nSPS) is 19.2. The van der Waals surface area contributed by atoms with Crippen LogP contribution in [0, 0.1) is 0 Å². The lowest BCUT2D eigenvalue weighted by atomic mass is 10.1. The highest BCUT2D eigenvalue weighted by atomic mass is 32.2. The molecule has 1 heterocycles. The van der Waals surface area contributed by atoms with Gasteiger partial charge < -0.3 is 5.32 Å². The van der Waals surface area contributed by atoms with Crippen LogP contribution in [0.2, 0.25) is 0 Å². The van der Waals surface area contributed by atoms with E-state index < -0.39 is 47.7 Å². The number of nitrogens with one attached hydrogen (secondary N) is 2. The zero-order chi connectivity index (χ0) is 20.7. The lowest BCUT2D eigenvalue weighted by molar-refractivity contribution is -0.139. The molecule has 2 aromatic carbocycles. The van der Waals surface area contributed by atoms with E-state index in [0.29, 0.717) is 12.1 Å². The molecule has 1 unspecified atom stereocenters. The molecule has 0 fully saturated rings. The molecule has 7 nitrogen and oxygen atoms in total. The quantitative estimate of drug-likeness (QED) is 0.685. The highest BCUT2D eigenvalue weighted by molar-refractivity contribution is 7.90. The van der Waals surface area contributed by atoms with Gasteiger partial charge in [-0.15, -0.1) is 0 Å². The van der Waals surface area contributed by atoms with Crippen LogP contribution in [0.4, 0.5) is 18.9 Å². The van der Waals surface area contributed by atoms with Crippen LogP contribution in [0.15, 0.2) is 58.3 Å². The molecule has 3 rings (SSSR count).